The first-order valence-corrected chi connectivity index (χ1v) is 12.9. The van der Waals surface area contributed by atoms with Crippen molar-refractivity contribution in [3.8, 4) is 5.75 Å². The maximum Gasteiger partial charge on any atom is 0.270 e. The van der Waals surface area contributed by atoms with E-state index in [1.54, 1.807) is 66.7 Å². The summed E-state index contributed by atoms with van der Waals surface area (Å²) in [6.45, 7) is 3.90. The van der Waals surface area contributed by atoms with E-state index in [4.69, 9.17) is 27.9 Å². The van der Waals surface area contributed by atoms with Crippen LogP contribution in [-0.4, -0.2) is 34.0 Å². The molecular formula is C26H22Cl2N2O4S. The second-order valence-electron chi connectivity index (χ2n) is 7.61. The topological polar surface area (TPSA) is 75.7 Å². The summed E-state index contributed by atoms with van der Waals surface area (Å²) < 4.78 is 34.3. The van der Waals surface area contributed by atoms with Gasteiger partial charge in [-0.25, -0.2) is 8.42 Å². The summed E-state index contributed by atoms with van der Waals surface area (Å²) in [6.07, 6.45) is 1.47. The molecule has 0 radical (unpaired) electrons. The molecule has 1 N–H and O–H groups in total. The second kappa shape index (κ2) is 10.6. The average Bonchev–Trinajstić information content (AvgIpc) is 2.84. The van der Waals surface area contributed by atoms with Gasteiger partial charge in [0.2, 0.25) is 0 Å². The number of hydrogen-bond acceptors (Lipinski definition) is 4. The Hall–Kier alpha value is -3.26. The van der Waals surface area contributed by atoms with Crippen LogP contribution in [0.2, 0.25) is 10.0 Å². The van der Waals surface area contributed by atoms with E-state index >= 15 is 0 Å². The zero-order valence-electron chi connectivity index (χ0n) is 18.6. The Balaban J connectivity index is 1.73. The molecule has 4 rings (SSSR count). The lowest BCUT2D eigenvalue weighted by Crippen LogP contribution is -2.42. The number of ether oxygens (including phenoxy) is 1. The molecule has 3 aromatic carbocycles. The highest BCUT2D eigenvalue weighted by atomic mass is 35.5. The summed E-state index contributed by atoms with van der Waals surface area (Å²) >= 11 is 12.2. The van der Waals surface area contributed by atoms with Crippen LogP contribution in [0.1, 0.15) is 11.1 Å². The largest absolute Gasteiger partial charge is 0.492 e. The second-order valence-corrected chi connectivity index (χ2v) is 10.3. The molecule has 1 heterocycles. The number of fused-ring (bicyclic) bond motifs is 1. The molecule has 0 aliphatic carbocycles. The fraction of sp³-hybridized carbons (Fsp3) is 0.115. The van der Waals surface area contributed by atoms with Gasteiger partial charge in [-0.1, -0.05) is 59.6 Å². The lowest BCUT2D eigenvalue weighted by Gasteiger charge is -2.33. The van der Waals surface area contributed by atoms with Gasteiger partial charge in [0.05, 0.1) is 18.8 Å². The summed E-state index contributed by atoms with van der Waals surface area (Å²) in [6, 6.07) is 20.6. The summed E-state index contributed by atoms with van der Waals surface area (Å²) in [5, 5.41) is 3.69. The number of rotatable bonds is 8. The molecule has 0 unspecified atom stereocenters. The summed E-state index contributed by atoms with van der Waals surface area (Å²) in [7, 11) is -4.21. The van der Waals surface area contributed by atoms with Gasteiger partial charge >= 0.3 is 0 Å². The number of carbonyl (C=O) groups is 1. The molecular weight excluding hydrogens is 507 g/mol. The molecule has 35 heavy (non-hydrogen) atoms. The van der Waals surface area contributed by atoms with E-state index in [9.17, 15) is 13.2 Å². The summed E-state index contributed by atoms with van der Waals surface area (Å²) in [4.78, 5) is 13.0. The minimum absolute atomic E-state index is 0.00447. The normalized spacial score (nSPS) is 14.3. The quantitative estimate of drug-likeness (QED) is 0.318. The Labute approximate surface area is 214 Å². The Morgan fingerprint density at radius 2 is 1.69 bits per heavy atom. The zero-order valence-corrected chi connectivity index (χ0v) is 20.9. The molecule has 9 heteroatoms. The third-order valence-corrected chi connectivity index (χ3v) is 7.62. The lowest BCUT2D eigenvalue weighted by molar-refractivity contribution is -0.116. The standard InChI is InChI=1S/C26H22Cl2N2O4S/c1-2-15-30-23-13-10-20(28)17-22(23)24(18-6-4-3-5-7-18)25(35(30,32)33)26(31)29-14-16-34-21-11-8-19(27)9-12-21/h2-13,17H,1,14-16H2,(H,29,31). The van der Waals surface area contributed by atoms with E-state index in [0.29, 0.717) is 38.2 Å². The smallest absolute Gasteiger partial charge is 0.270 e. The molecule has 180 valence electrons. The van der Waals surface area contributed by atoms with Gasteiger partial charge in [0.1, 0.15) is 12.4 Å². The molecule has 1 amide bonds. The van der Waals surface area contributed by atoms with Crippen molar-refractivity contribution >= 4 is 50.4 Å². The molecule has 1 aliphatic heterocycles. The maximum absolute atomic E-state index is 13.7. The predicted molar refractivity (Wildman–Crippen MR) is 140 cm³/mol. The number of benzene rings is 3. The Morgan fingerprint density at radius 3 is 2.37 bits per heavy atom. The lowest BCUT2D eigenvalue weighted by atomic mass is 9.95. The Morgan fingerprint density at radius 1 is 1.00 bits per heavy atom. The summed E-state index contributed by atoms with van der Waals surface area (Å²) in [5.74, 6) is -0.151. The number of anilines is 1. The summed E-state index contributed by atoms with van der Waals surface area (Å²) in [5.41, 5.74) is 1.85. The van der Waals surface area contributed by atoms with E-state index in [2.05, 4.69) is 11.9 Å². The average molecular weight is 529 g/mol. The van der Waals surface area contributed by atoms with E-state index in [-0.39, 0.29) is 24.6 Å². The minimum atomic E-state index is -4.21. The van der Waals surface area contributed by atoms with Gasteiger partial charge in [-0.2, -0.15) is 0 Å². The van der Waals surface area contributed by atoms with Crippen molar-refractivity contribution in [1.82, 2.24) is 5.32 Å². The van der Waals surface area contributed by atoms with E-state index < -0.39 is 15.9 Å². The molecule has 0 bridgehead atoms. The maximum atomic E-state index is 13.7. The van der Waals surface area contributed by atoms with Crippen LogP contribution in [0, 0.1) is 0 Å². The predicted octanol–water partition coefficient (Wildman–Crippen LogP) is 5.28. The molecule has 0 spiro atoms. The molecule has 0 aromatic heterocycles. The fourth-order valence-electron chi connectivity index (χ4n) is 3.80. The van der Waals surface area contributed by atoms with E-state index in [1.165, 1.54) is 6.08 Å². The van der Waals surface area contributed by atoms with Gasteiger partial charge in [-0.3, -0.25) is 9.10 Å². The van der Waals surface area contributed by atoms with Crippen LogP contribution in [-0.2, 0) is 14.8 Å². The Bertz CT molecular complexity index is 1390. The third-order valence-electron chi connectivity index (χ3n) is 5.31. The molecule has 6 nitrogen and oxygen atoms in total. The highest BCUT2D eigenvalue weighted by molar-refractivity contribution is 7.97. The van der Waals surface area contributed by atoms with Crippen molar-refractivity contribution < 1.29 is 17.9 Å². The van der Waals surface area contributed by atoms with Gasteiger partial charge in [-0.15, -0.1) is 6.58 Å². The van der Waals surface area contributed by atoms with Gasteiger partial charge in [0.25, 0.3) is 15.9 Å². The van der Waals surface area contributed by atoms with Crippen LogP contribution in [0.15, 0.2) is 90.4 Å². The molecule has 0 atom stereocenters. The van der Waals surface area contributed by atoms with Crippen LogP contribution in [0.25, 0.3) is 5.57 Å². The highest BCUT2D eigenvalue weighted by Gasteiger charge is 2.40. The number of halogens is 2. The van der Waals surface area contributed by atoms with Gasteiger partial charge in [0, 0.05) is 21.2 Å². The molecule has 0 fully saturated rings. The third kappa shape index (κ3) is 5.22. The number of amides is 1. The number of carbonyl (C=O) groups excluding carboxylic acids is 1. The first-order chi connectivity index (χ1) is 16.8. The minimum Gasteiger partial charge on any atom is -0.492 e. The van der Waals surface area contributed by atoms with Crippen molar-refractivity contribution in [3.63, 3.8) is 0 Å². The van der Waals surface area contributed by atoms with Crippen LogP contribution in [0.3, 0.4) is 0 Å². The molecule has 3 aromatic rings. The van der Waals surface area contributed by atoms with E-state index in [1.807, 2.05) is 6.07 Å². The van der Waals surface area contributed by atoms with E-state index in [0.717, 1.165) is 4.31 Å². The van der Waals surface area contributed by atoms with Crippen molar-refractivity contribution in [2.45, 2.75) is 0 Å². The number of sulfonamides is 1. The number of hydrogen-bond donors (Lipinski definition) is 1. The van der Waals surface area contributed by atoms with Gasteiger partial charge in [-0.05, 0) is 48.0 Å². The van der Waals surface area contributed by atoms with Gasteiger partial charge < -0.3 is 10.1 Å². The van der Waals surface area contributed by atoms with Crippen LogP contribution >= 0.6 is 23.2 Å². The van der Waals surface area contributed by atoms with Crippen LogP contribution in [0.4, 0.5) is 5.69 Å². The number of nitrogens with one attached hydrogen (secondary N) is 1. The van der Waals surface area contributed by atoms with Crippen molar-refractivity contribution in [3.05, 3.63) is 112 Å². The SMILES string of the molecule is C=CCN1c2ccc(Cl)cc2C(c2ccccc2)=C(C(=O)NCCOc2ccc(Cl)cc2)S1(=O)=O. The van der Waals surface area contributed by atoms with Crippen molar-refractivity contribution in [2.75, 3.05) is 24.0 Å². The molecule has 1 aliphatic rings. The van der Waals surface area contributed by atoms with Crippen LogP contribution in [0.5, 0.6) is 5.75 Å². The fourth-order valence-corrected chi connectivity index (χ4v) is 5.83. The first kappa shape index (κ1) is 24.9. The first-order valence-electron chi connectivity index (χ1n) is 10.7. The van der Waals surface area contributed by atoms with Crippen molar-refractivity contribution in [1.29, 1.82) is 0 Å². The zero-order chi connectivity index (χ0) is 25.0. The Kier molecular flexibility index (Phi) is 7.50. The number of nitrogens with zero attached hydrogens (tertiary/aromatic N) is 1. The van der Waals surface area contributed by atoms with Crippen LogP contribution < -0.4 is 14.4 Å². The molecule has 0 saturated heterocycles. The monoisotopic (exact) mass is 528 g/mol. The van der Waals surface area contributed by atoms with Gasteiger partial charge in [0.15, 0.2) is 4.91 Å². The highest BCUT2D eigenvalue weighted by Crippen LogP contribution is 2.43. The molecule has 0 saturated carbocycles. The van der Waals surface area contributed by atoms with Crippen molar-refractivity contribution in [2.24, 2.45) is 0 Å².